The highest BCUT2D eigenvalue weighted by Crippen LogP contribution is 2.32. The topological polar surface area (TPSA) is 85.2 Å². The zero-order valence-corrected chi connectivity index (χ0v) is 20.6. The molecule has 37 heavy (non-hydrogen) atoms. The third-order valence-electron chi connectivity index (χ3n) is 7.26. The zero-order chi connectivity index (χ0) is 25.2. The van der Waals surface area contributed by atoms with Crippen molar-refractivity contribution in [1.82, 2.24) is 24.9 Å². The minimum atomic E-state index is -0.504. The number of morpholine rings is 1. The van der Waals surface area contributed by atoms with Crippen LogP contribution in [0, 0.1) is 5.82 Å². The highest BCUT2D eigenvalue weighted by atomic mass is 19.1. The SMILES string of the molecule is O=C(c1ccc(Nc2cc(-c3ccc4nnn(C5CCCCC5)c4c3)ccn2)c(F)c1)N1CCOCC1. The quantitative estimate of drug-likeness (QED) is 0.397. The van der Waals surface area contributed by atoms with Crippen LogP contribution in [-0.2, 0) is 4.74 Å². The maximum Gasteiger partial charge on any atom is 0.254 e. The maximum absolute atomic E-state index is 14.9. The van der Waals surface area contributed by atoms with Gasteiger partial charge in [-0.1, -0.05) is 30.5 Å². The van der Waals surface area contributed by atoms with Crippen LogP contribution in [0.3, 0.4) is 0 Å². The minimum absolute atomic E-state index is 0.189. The number of ether oxygens (including phenoxy) is 1. The Hall–Kier alpha value is -3.85. The molecule has 1 saturated heterocycles. The number of carbonyl (C=O) groups excluding carboxylic acids is 1. The van der Waals surface area contributed by atoms with Crippen molar-refractivity contribution in [2.75, 3.05) is 31.6 Å². The summed E-state index contributed by atoms with van der Waals surface area (Å²) in [6.45, 7) is 2.03. The Kier molecular flexibility index (Phi) is 6.53. The fourth-order valence-electron chi connectivity index (χ4n) is 5.23. The Labute approximate surface area is 214 Å². The van der Waals surface area contributed by atoms with Crippen molar-refractivity contribution in [2.24, 2.45) is 0 Å². The van der Waals surface area contributed by atoms with Crippen molar-refractivity contribution < 1.29 is 13.9 Å². The molecule has 190 valence electrons. The molecule has 1 aliphatic carbocycles. The number of anilines is 2. The Morgan fingerprint density at radius 3 is 2.59 bits per heavy atom. The van der Waals surface area contributed by atoms with E-state index in [0.717, 1.165) is 35.0 Å². The van der Waals surface area contributed by atoms with Gasteiger partial charge in [-0.25, -0.2) is 14.1 Å². The van der Waals surface area contributed by atoms with Crippen molar-refractivity contribution in [2.45, 2.75) is 38.1 Å². The molecule has 2 aromatic heterocycles. The third kappa shape index (κ3) is 4.91. The molecule has 0 bridgehead atoms. The molecular weight excluding hydrogens is 471 g/mol. The van der Waals surface area contributed by atoms with E-state index in [2.05, 4.69) is 31.4 Å². The van der Waals surface area contributed by atoms with E-state index in [1.54, 1.807) is 23.2 Å². The van der Waals surface area contributed by atoms with Crippen LogP contribution in [0.4, 0.5) is 15.9 Å². The van der Waals surface area contributed by atoms with E-state index in [0.29, 0.717) is 43.7 Å². The highest BCUT2D eigenvalue weighted by molar-refractivity contribution is 5.94. The molecule has 3 heterocycles. The Balaban J connectivity index is 1.22. The van der Waals surface area contributed by atoms with Gasteiger partial charge in [-0.3, -0.25) is 4.79 Å². The van der Waals surface area contributed by atoms with Gasteiger partial charge < -0.3 is 15.0 Å². The summed E-state index contributed by atoms with van der Waals surface area (Å²) in [4.78, 5) is 18.7. The highest BCUT2D eigenvalue weighted by Gasteiger charge is 2.21. The van der Waals surface area contributed by atoms with Gasteiger partial charge in [0.05, 0.1) is 30.5 Å². The van der Waals surface area contributed by atoms with E-state index < -0.39 is 5.82 Å². The summed E-state index contributed by atoms with van der Waals surface area (Å²) in [5.41, 5.74) is 4.47. The first-order valence-electron chi connectivity index (χ1n) is 12.9. The molecule has 1 aliphatic heterocycles. The monoisotopic (exact) mass is 500 g/mol. The number of carbonyl (C=O) groups is 1. The Bertz CT molecular complexity index is 1430. The van der Waals surface area contributed by atoms with Crippen LogP contribution in [0.1, 0.15) is 48.5 Å². The van der Waals surface area contributed by atoms with Crippen LogP contribution < -0.4 is 5.32 Å². The van der Waals surface area contributed by atoms with Crippen LogP contribution in [-0.4, -0.2) is 57.1 Å². The molecule has 6 rings (SSSR count). The molecule has 9 heteroatoms. The van der Waals surface area contributed by atoms with Gasteiger partial charge in [-0.05, 0) is 66.4 Å². The number of amides is 1. The van der Waals surface area contributed by atoms with E-state index >= 15 is 0 Å². The molecule has 4 aromatic rings. The molecule has 0 atom stereocenters. The molecule has 1 saturated carbocycles. The van der Waals surface area contributed by atoms with Crippen molar-refractivity contribution in [3.05, 3.63) is 66.1 Å². The van der Waals surface area contributed by atoms with E-state index in [1.165, 1.54) is 25.3 Å². The molecule has 0 unspecified atom stereocenters. The standard InChI is InChI=1S/C28H29FN6O2/c29-23-16-21(28(36)34-12-14-37-15-13-34)7-8-24(23)31-27-18-20(10-11-30-27)19-6-9-25-26(17-19)35(33-32-25)22-4-2-1-3-5-22/h6-11,16-18,22H,1-5,12-15H2,(H,30,31). The maximum atomic E-state index is 14.9. The first kappa shape index (κ1) is 23.5. The van der Waals surface area contributed by atoms with Crippen molar-refractivity contribution in [3.63, 3.8) is 0 Å². The van der Waals surface area contributed by atoms with E-state index in [9.17, 15) is 9.18 Å². The zero-order valence-electron chi connectivity index (χ0n) is 20.6. The van der Waals surface area contributed by atoms with E-state index in [4.69, 9.17) is 4.74 Å². The van der Waals surface area contributed by atoms with Gasteiger partial charge in [0.25, 0.3) is 5.91 Å². The lowest BCUT2D eigenvalue weighted by atomic mass is 9.95. The number of fused-ring (bicyclic) bond motifs is 1. The van der Waals surface area contributed by atoms with Gasteiger partial charge >= 0.3 is 0 Å². The first-order chi connectivity index (χ1) is 18.2. The number of benzene rings is 2. The van der Waals surface area contributed by atoms with E-state index in [-0.39, 0.29) is 11.6 Å². The number of halogens is 1. The second kappa shape index (κ2) is 10.3. The van der Waals surface area contributed by atoms with Crippen molar-refractivity contribution in [3.8, 4) is 11.1 Å². The van der Waals surface area contributed by atoms with Crippen LogP contribution in [0.15, 0.2) is 54.7 Å². The number of hydrogen-bond donors (Lipinski definition) is 1. The lowest BCUT2D eigenvalue weighted by Gasteiger charge is -2.27. The lowest BCUT2D eigenvalue weighted by molar-refractivity contribution is 0.0302. The summed E-state index contributed by atoms with van der Waals surface area (Å²) in [6.07, 6.45) is 7.71. The van der Waals surface area contributed by atoms with E-state index in [1.807, 2.05) is 24.3 Å². The summed E-state index contributed by atoms with van der Waals surface area (Å²) in [7, 11) is 0. The second-order valence-electron chi connectivity index (χ2n) is 9.68. The fourth-order valence-corrected chi connectivity index (χ4v) is 5.23. The molecule has 1 amide bonds. The lowest BCUT2D eigenvalue weighted by Crippen LogP contribution is -2.40. The molecule has 8 nitrogen and oxygen atoms in total. The average Bonchev–Trinajstić information content (AvgIpc) is 3.38. The number of hydrogen-bond acceptors (Lipinski definition) is 6. The summed E-state index contributed by atoms with van der Waals surface area (Å²) < 4.78 is 22.3. The number of rotatable bonds is 5. The van der Waals surface area contributed by atoms with Crippen LogP contribution in [0.5, 0.6) is 0 Å². The van der Waals surface area contributed by atoms with Gasteiger partial charge in [-0.15, -0.1) is 5.10 Å². The number of nitrogens with zero attached hydrogens (tertiary/aromatic N) is 5. The molecule has 1 N–H and O–H groups in total. The second-order valence-corrected chi connectivity index (χ2v) is 9.68. The number of aromatic nitrogens is 4. The molecular formula is C28H29FN6O2. The predicted molar refractivity (Wildman–Crippen MR) is 139 cm³/mol. The normalized spacial score (nSPS) is 16.7. The number of pyridine rings is 1. The molecule has 2 fully saturated rings. The van der Waals surface area contributed by atoms with Crippen LogP contribution in [0.2, 0.25) is 0 Å². The summed E-state index contributed by atoms with van der Waals surface area (Å²) in [6, 6.07) is 14.8. The van der Waals surface area contributed by atoms with Gasteiger partial charge in [0.2, 0.25) is 0 Å². The van der Waals surface area contributed by atoms with Gasteiger partial charge in [0, 0.05) is 24.8 Å². The third-order valence-corrected chi connectivity index (χ3v) is 7.26. The van der Waals surface area contributed by atoms with Crippen molar-refractivity contribution in [1.29, 1.82) is 0 Å². The molecule has 0 spiro atoms. The molecule has 2 aliphatic rings. The molecule has 0 radical (unpaired) electrons. The summed E-state index contributed by atoms with van der Waals surface area (Å²) in [5.74, 6) is -0.177. The predicted octanol–water partition coefficient (Wildman–Crippen LogP) is 5.35. The summed E-state index contributed by atoms with van der Waals surface area (Å²) in [5, 5.41) is 11.9. The molecule has 2 aromatic carbocycles. The van der Waals surface area contributed by atoms with Crippen LogP contribution in [0.25, 0.3) is 22.2 Å². The van der Waals surface area contributed by atoms with Crippen LogP contribution >= 0.6 is 0 Å². The van der Waals surface area contributed by atoms with Gasteiger partial charge in [0.15, 0.2) is 0 Å². The Morgan fingerprint density at radius 1 is 0.973 bits per heavy atom. The first-order valence-corrected chi connectivity index (χ1v) is 12.9. The van der Waals surface area contributed by atoms with Gasteiger partial charge in [0.1, 0.15) is 17.2 Å². The Morgan fingerprint density at radius 2 is 1.78 bits per heavy atom. The van der Waals surface area contributed by atoms with Crippen molar-refractivity contribution >= 4 is 28.4 Å². The fraction of sp³-hybridized carbons (Fsp3) is 0.357. The smallest absolute Gasteiger partial charge is 0.254 e. The number of nitrogens with one attached hydrogen (secondary N) is 1. The average molecular weight is 501 g/mol. The largest absolute Gasteiger partial charge is 0.378 e. The minimum Gasteiger partial charge on any atom is -0.378 e. The van der Waals surface area contributed by atoms with Gasteiger partial charge in [-0.2, -0.15) is 0 Å². The summed E-state index contributed by atoms with van der Waals surface area (Å²) >= 11 is 0.